The van der Waals surface area contributed by atoms with Crippen molar-refractivity contribution in [2.24, 2.45) is 0 Å². The van der Waals surface area contributed by atoms with Crippen molar-refractivity contribution in [1.29, 1.82) is 0 Å². The predicted molar refractivity (Wildman–Crippen MR) is 73.0 cm³/mol. The number of non-ortho nitro benzene ring substituents is 1. The minimum Gasteiger partial charge on any atom is -0.381 e. The number of benzene rings is 1. The van der Waals surface area contributed by atoms with Gasteiger partial charge in [-0.3, -0.25) is 10.1 Å². The van der Waals surface area contributed by atoms with E-state index in [1.54, 1.807) is 19.2 Å². The Morgan fingerprint density at radius 2 is 2.32 bits per heavy atom. The van der Waals surface area contributed by atoms with Gasteiger partial charge in [0.05, 0.1) is 11.0 Å². The van der Waals surface area contributed by atoms with E-state index >= 15 is 0 Å². The van der Waals surface area contributed by atoms with Gasteiger partial charge in [-0.25, -0.2) is 0 Å². The van der Waals surface area contributed by atoms with Crippen LogP contribution < -0.4 is 5.32 Å². The molecular weight excluding hydrogens is 244 g/mol. The van der Waals surface area contributed by atoms with Crippen molar-refractivity contribution in [3.05, 3.63) is 39.9 Å². The number of methoxy groups -OCH3 is 1. The molecular formula is C14H20N2O3. The Morgan fingerprint density at radius 3 is 3.05 bits per heavy atom. The maximum Gasteiger partial charge on any atom is 0.269 e. The average Bonchev–Trinajstić information content (AvgIpc) is 2.45. The number of nitrogens with one attached hydrogen (secondary N) is 1. The summed E-state index contributed by atoms with van der Waals surface area (Å²) in [6.45, 7) is 0.669. The van der Waals surface area contributed by atoms with E-state index in [1.165, 1.54) is 12.5 Å². The topological polar surface area (TPSA) is 64.4 Å². The Hall–Kier alpha value is -1.46. The summed E-state index contributed by atoms with van der Waals surface area (Å²) in [7, 11) is 1.76. The number of nitro groups is 1. The van der Waals surface area contributed by atoms with Gasteiger partial charge >= 0.3 is 0 Å². The van der Waals surface area contributed by atoms with Gasteiger partial charge in [-0.2, -0.15) is 0 Å². The van der Waals surface area contributed by atoms with Crippen LogP contribution in [0.1, 0.15) is 31.2 Å². The largest absolute Gasteiger partial charge is 0.381 e. The molecule has 2 unspecified atom stereocenters. The molecule has 5 heteroatoms. The molecule has 1 aromatic rings. The summed E-state index contributed by atoms with van der Waals surface area (Å²) in [5.74, 6) is 0. The van der Waals surface area contributed by atoms with Gasteiger partial charge in [-0.05, 0) is 31.2 Å². The van der Waals surface area contributed by atoms with Gasteiger partial charge in [0.15, 0.2) is 0 Å². The van der Waals surface area contributed by atoms with Gasteiger partial charge in [0, 0.05) is 31.8 Å². The van der Waals surface area contributed by atoms with E-state index in [4.69, 9.17) is 4.74 Å². The Bertz CT molecular complexity index is 436. The van der Waals surface area contributed by atoms with Crippen LogP contribution in [0.3, 0.4) is 0 Å². The highest BCUT2D eigenvalue weighted by atomic mass is 16.6. The Morgan fingerprint density at radius 1 is 1.47 bits per heavy atom. The SMILES string of the molecule is COC1CCCC(NCc2cccc([N+](=O)[O-])c2)C1. The van der Waals surface area contributed by atoms with E-state index in [-0.39, 0.29) is 10.6 Å². The van der Waals surface area contributed by atoms with E-state index < -0.39 is 0 Å². The molecule has 1 aliphatic rings. The van der Waals surface area contributed by atoms with E-state index in [0.29, 0.717) is 18.7 Å². The summed E-state index contributed by atoms with van der Waals surface area (Å²) in [5.41, 5.74) is 1.10. The van der Waals surface area contributed by atoms with Crippen LogP contribution >= 0.6 is 0 Å². The lowest BCUT2D eigenvalue weighted by Gasteiger charge is -2.29. The lowest BCUT2D eigenvalue weighted by molar-refractivity contribution is -0.384. The monoisotopic (exact) mass is 264 g/mol. The first-order valence-electron chi connectivity index (χ1n) is 6.68. The van der Waals surface area contributed by atoms with Crippen molar-refractivity contribution in [3.63, 3.8) is 0 Å². The number of hydrogen-bond donors (Lipinski definition) is 1. The number of nitro benzene ring substituents is 1. The van der Waals surface area contributed by atoms with Crippen molar-refractivity contribution in [3.8, 4) is 0 Å². The van der Waals surface area contributed by atoms with Gasteiger partial charge < -0.3 is 10.1 Å². The van der Waals surface area contributed by atoms with Crippen LogP contribution in [0.25, 0.3) is 0 Å². The van der Waals surface area contributed by atoms with Crippen molar-refractivity contribution < 1.29 is 9.66 Å². The molecule has 0 spiro atoms. The number of rotatable bonds is 5. The smallest absolute Gasteiger partial charge is 0.269 e. The Kier molecular flexibility index (Phi) is 4.87. The zero-order chi connectivity index (χ0) is 13.7. The fourth-order valence-corrected chi connectivity index (χ4v) is 2.59. The second-order valence-corrected chi connectivity index (χ2v) is 5.03. The van der Waals surface area contributed by atoms with Crippen LogP contribution in [0.2, 0.25) is 0 Å². The number of hydrogen-bond acceptors (Lipinski definition) is 4. The summed E-state index contributed by atoms with van der Waals surface area (Å²) in [6.07, 6.45) is 4.81. The minimum atomic E-state index is -0.356. The third-order valence-electron chi connectivity index (χ3n) is 3.68. The first-order chi connectivity index (χ1) is 9.19. The fourth-order valence-electron chi connectivity index (χ4n) is 2.59. The highest BCUT2D eigenvalue weighted by Crippen LogP contribution is 2.21. The van der Waals surface area contributed by atoms with E-state index in [1.807, 2.05) is 6.07 Å². The van der Waals surface area contributed by atoms with Gasteiger partial charge in [-0.15, -0.1) is 0 Å². The van der Waals surface area contributed by atoms with Gasteiger partial charge in [0.25, 0.3) is 5.69 Å². The third-order valence-corrected chi connectivity index (χ3v) is 3.68. The van der Waals surface area contributed by atoms with Crippen molar-refractivity contribution in [1.82, 2.24) is 5.32 Å². The maximum absolute atomic E-state index is 10.7. The predicted octanol–water partition coefficient (Wildman–Crippen LogP) is 2.64. The zero-order valence-electron chi connectivity index (χ0n) is 11.2. The van der Waals surface area contributed by atoms with Crippen molar-refractivity contribution in [2.45, 2.75) is 44.4 Å². The van der Waals surface area contributed by atoms with Crippen LogP contribution in [0.15, 0.2) is 24.3 Å². The van der Waals surface area contributed by atoms with Crippen LogP contribution in [-0.2, 0) is 11.3 Å². The van der Waals surface area contributed by atoms with Crippen molar-refractivity contribution in [2.75, 3.05) is 7.11 Å². The first kappa shape index (κ1) is 14.0. The molecule has 1 aromatic carbocycles. The van der Waals surface area contributed by atoms with E-state index in [9.17, 15) is 10.1 Å². The van der Waals surface area contributed by atoms with Crippen LogP contribution in [0, 0.1) is 10.1 Å². The fraction of sp³-hybridized carbons (Fsp3) is 0.571. The molecule has 0 bridgehead atoms. The molecule has 19 heavy (non-hydrogen) atoms. The van der Waals surface area contributed by atoms with Crippen LogP contribution in [0.5, 0.6) is 0 Å². The second kappa shape index (κ2) is 6.63. The maximum atomic E-state index is 10.7. The summed E-state index contributed by atoms with van der Waals surface area (Å²) in [4.78, 5) is 10.4. The molecule has 0 aromatic heterocycles. The standard InChI is InChI=1S/C14H20N2O3/c1-19-14-7-3-5-12(9-14)15-10-11-4-2-6-13(8-11)16(17)18/h2,4,6,8,12,14-15H,3,5,7,9-10H2,1H3. The number of ether oxygens (including phenoxy) is 1. The summed E-state index contributed by atoms with van der Waals surface area (Å²) >= 11 is 0. The molecule has 1 fully saturated rings. The molecule has 2 rings (SSSR count). The molecule has 1 aliphatic carbocycles. The lowest BCUT2D eigenvalue weighted by atomic mass is 9.92. The molecule has 1 N–H and O–H groups in total. The van der Waals surface area contributed by atoms with Crippen molar-refractivity contribution >= 4 is 5.69 Å². The first-order valence-corrected chi connectivity index (χ1v) is 6.68. The second-order valence-electron chi connectivity index (χ2n) is 5.03. The molecule has 0 amide bonds. The average molecular weight is 264 g/mol. The van der Waals surface area contributed by atoms with Gasteiger partial charge in [0.1, 0.15) is 0 Å². The summed E-state index contributed by atoms with van der Waals surface area (Å²) in [6, 6.07) is 7.23. The van der Waals surface area contributed by atoms with E-state index in [2.05, 4.69) is 5.32 Å². The molecule has 0 aliphatic heterocycles. The zero-order valence-corrected chi connectivity index (χ0v) is 11.2. The highest BCUT2D eigenvalue weighted by Gasteiger charge is 2.21. The van der Waals surface area contributed by atoms with E-state index in [0.717, 1.165) is 24.8 Å². The Balaban J connectivity index is 1.88. The molecule has 0 heterocycles. The lowest BCUT2D eigenvalue weighted by Crippen LogP contribution is -2.36. The van der Waals surface area contributed by atoms with Gasteiger partial charge in [0.2, 0.25) is 0 Å². The Labute approximate surface area is 113 Å². The third kappa shape index (κ3) is 4.01. The quantitative estimate of drug-likeness (QED) is 0.656. The molecule has 0 radical (unpaired) electrons. The highest BCUT2D eigenvalue weighted by molar-refractivity contribution is 5.34. The normalized spacial score (nSPS) is 23.2. The molecule has 5 nitrogen and oxygen atoms in total. The van der Waals surface area contributed by atoms with Gasteiger partial charge in [-0.1, -0.05) is 12.1 Å². The minimum absolute atomic E-state index is 0.151. The molecule has 2 atom stereocenters. The van der Waals surface area contributed by atoms with Crippen LogP contribution in [-0.4, -0.2) is 24.2 Å². The number of nitrogens with zero attached hydrogens (tertiary/aromatic N) is 1. The summed E-state index contributed by atoms with van der Waals surface area (Å²) in [5, 5.41) is 14.2. The molecule has 1 saturated carbocycles. The molecule has 104 valence electrons. The van der Waals surface area contributed by atoms with Crippen LogP contribution in [0.4, 0.5) is 5.69 Å². The summed E-state index contributed by atoms with van der Waals surface area (Å²) < 4.78 is 5.39. The molecule has 0 saturated heterocycles.